The number of rotatable bonds is 7. The molecule has 0 amide bonds. The van der Waals surface area contributed by atoms with E-state index >= 15 is 0 Å². The van der Waals surface area contributed by atoms with E-state index in [-0.39, 0.29) is 16.0 Å². The Balaban J connectivity index is 3.28. The zero-order chi connectivity index (χ0) is 16.0. The van der Waals surface area contributed by atoms with Gasteiger partial charge in [-0.2, -0.15) is 0 Å². The van der Waals surface area contributed by atoms with Gasteiger partial charge < -0.3 is 9.47 Å². The Labute approximate surface area is 126 Å². The monoisotopic (exact) mass is 294 g/mol. The van der Waals surface area contributed by atoms with Crippen molar-refractivity contribution in [1.82, 2.24) is 0 Å². The smallest absolute Gasteiger partial charge is 0.281 e. The highest BCUT2D eigenvalue weighted by atomic mass is 16.6. The summed E-state index contributed by atoms with van der Waals surface area (Å²) in [7, 11) is 3.24. The van der Waals surface area contributed by atoms with Gasteiger partial charge in [-0.05, 0) is 30.7 Å². The second-order valence-corrected chi connectivity index (χ2v) is 6.02. The molecule has 0 spiro atoms. The van der Waals surface area contributed by atoms with Crippen LogP contribution in [0.25, 0.3) is 0 Å². The molecule has 21 heavy (non-hydrogen) atoms. The zero-order valence-electron chi connectivity index (χ0n) is 13.5. The summed E-state index contributed by atoms with van der Waals surface area (Å²) in [6.45, 7) is 6.76. The first kappa shape index (κ1) is 17.4. The second kappa shape index (κ2) is 7.41. The van der Waals surface area contributed by atoms with Crippen molar-refractivity contribution in [3.8, 4) is 5.75 Å². The van der Waals surface area contributed by atoms with Gasteiger partial charge in [-0.1, -0.05) is 20.8 Å². The van der Waals surface area contributed by atoms with Crippen LogP contribution in [0, 0.1) is 16.2 Å². The van der Waals surface area contributed by atoms with Crippen LogP contribution in [0.1, 0.15) is 44.7 Å². The maximum Gasteiger partial charge on any atom is 0.281 e. The largest absolute Gasteiger partial charge is 0.496 e. The van der Waals surface area contributed by atoms with Crippen molar-refractivity contribution in [3.05, 3.63) is 33.4 Å². The third kappa shape index (κ3) is 4.43. The molecule has 0 aromatic heterocycles. The van der Waals surface area contributed by atoms with Gasteiger partial charge >= 0.3 is 0 Å². The van der Waals surface area contributed by atoms with Gasteiger partial charge in [-0.25, -0.2) is 0 Å². The molecular weight excluding hydrogens is 270 g/mol. The first-order valence-electron chi connectivity index (χ1n) is 7.08. The molecule has 0 saturated carbocycles. The molecule has 0 saturated heterocycles. The summed E-state index contributed by atoms with van der Waals surface area (Å²) < 4.78 is 10.4. The number of methoxy groups -OCH3 is 2. The molecule has 0 aliphatic carbocycles. The fourth-order valence-electron chi connectivity index (χ4n) is 2.50. The van der Waals surface area contributed by atoms with E-state index in [1.165, 1.54) is 0 Å². The number of nitro benzene ring substituents is 1. The number of nitro groups is 1. The Morgan fingerprint density at radius 2 is 1.95 bits per heavy atom. The maximum absolute atomic E-state index is 11.3. The average Bonchev–Trinajstić information content (AvgIpc) is 2.41. The summed E-state index contributed by atoms with van der Waals surface area (Å²) in [5.41, 5.74) is 1.44. The van der Waals surface area contributed by atoms with Crippen molar-refractivity contribution in [2.24, 2.45) is 0 Å². The minimum Gasteiger partial charge on any atom is -0.496 e. The fourth-order valence-corrected chi connectivity index (χ4v) is 2.50. The van der Waals surface area contributed by atoms with E-state index in [2.05, 4.69) is 6.07 Å². The molecule has 0 heterocycles. The molecule has 5 nitrogen and oxygen atoms in total. The highest BCUT2D eigenvalue weighted by Crippen LogP contribution is 2.39. The Morgan fingerprint density at radius 1 is 1.29 bits per heavy atom. The Bertz CT molecular complexity index is 492. The van der Waals surface area contributed by atoms with E-state index in [0.717, 1.165) is 24.0 Å². The van der Waals surface area contributed by atoms with Crippen LogP contribution in [0.4, 0.5) is 5.69 Å². The molecule has 1 aromatic rings. The first-order valence-corrected chi connectivity index (χ1v) is 7.08. The van der Waals surface area contributed by atoms with E-state index in [4.69, 9.17) is 9.47 Å². The van der Waals surface area contributed by atoms with Crippen molar-refractivity contribution >= 4 is 5.69 Å². The molecule has 1 rings (SSSR count). The molecule has 0 unspecified atom stereocenters. The average molecular weight is 294 g/mol. The lowest BCUT2D eigenvalue weighted by Crippen LogP contribution is -2.17. The molecule has 5 heteroatoms. The Morgan fingerprint density at radius 3 is 2.43 bits per heavy atom. The lowest BCUT2D eigenvalue weighted by atomic mass is 9.81. The molecule has 1 radical (unpaired) electrons. The van der Waals surface area contributed by atoms with Crippen LogP contribution < -0.4 is 4.74 Å². The molecular formula is C16H24NO4. The summed E-state index contributed by atoms with van der Waals surface area (Å²) in [5.74, 6) is 0.662. The van der Waals surface area contributed by atoms with Gasteiger partial charge in [0.05, 0.1) is 18.1 Å². The SMILES string of the molecule is COCCCCc1c([N+](=O)[O-])[c]cc(OC)c1C(C)(C)C. The minimum atomic E-state index is -0.361. The summed E-state index contributed by atoms with van der Waals surface area (Å²) in [6.07, 6.45) is 2.33. The van der Waals surface area contributed by atoms with E-state index < -0.39 is 0 Å². The van der Waals surface area contributed by atoms with Gasteiger partial charge in [0.15, 0.2) is 0 Å². The Hall–Kier alpha value is -1.62. The second-order valence-electron chi connectivity index (χ2n) is 6.02. The summed E-state index contributed by atoms with van der Waals surface area (Å²) in [5, 5.41) is 11.3. The number of hydrogen-bond donors (Lipinski definition) is 0. The molecule has 0 aliphatic heterocycles. The van der Waals surface area contributed by atoms with Crippen LogP contribution in [0.15, 0.2) is 6.07 Å². The predicted molar refractivity (Wildman–Crippen MR) is 82.0 cm³/mol. The third-order valence-corrected chi connectivity index (χ3v) is 3.35. The van der Waals surface area contributed by atoms with E-state index in [1.807, 2.05) is 20.8 Å². The van der Waals surface area contributed by atoms with Gasteiger partial charge in [0.2, 0.25) is 0 Å². The van der Waals surface area contributed by atoms with Crippen molar-refractivity contribution in [2.75, 3.05) is 20.8 Å². The molecule has 1 aromatic carbocycles. The quantitative estimate of drug-likeness (QED) is 0.437. The van der Waals surface area contributed by atoms with Crippen LogP contribution in [-0.4, -0.2) is 25.7 Å². The van der Waals surface area contributed by atoms with Crippen LogP contribution in [0.2, 0.25) is 0 Å². The first-order chi connectivity index (χ1) is 9.82. The number of unbranched alkanes of at least 4 members (excludes halogenated alkanes) is 1. The predicted octanol–water partition coefficient (Wildman–Crippen LogP) is 3.67. The maximum atomic E-state index is 11.3. The summed E-state index contributed by atoms with van der Waals surface area (Å²) in [4.78, 5) is 10.9. The van der Waals surface area contributed by atoms with Gasteiger partial charge in [-0.3, -0.25) is 10.1 Å². The van der Waals surface area contributed by atoms with Gasteiger partial charge in [0.25, 0.3) is 5.69 Å². The molecule has 0 bridgehead atoms. The molecule has 0 aliphatic rings. The topological polar surface area (TPSA) is 61.6 Å². The molecule has 0 N–H and O–H groups in total. The van der Waals surface area contributed by atoms with Gasteiger partial charge in [-0.15, -0.1) is 0 Å². The van der Waals surface area contributed by atoms with E-state index in [1.54, 1.807) is 20.3 Å². The summed E-state index contributed by atoms with van der Waals surface area (Å²) >= 11 is 0. The minimum absolute atomic E-state index is 0.0538. The number of benzene rings is 1. The number of nitrogens with zero attached hydrogens (tertiary/aromatic N) is 1. The highest BCUT2D eigenvalue weighted by molar-refractivity contribution is 5.54. The highest BCUT2D eigenvalue weighted by Gasteiger charge is 2.28. The van der Waals surface area contributed by atoms with Gasteiger partial charge in [0.1, 0.15) is 5.75 Å². The normalized spacial score (nSPS) is 11.5. The van der Waals surface area contributed by atoms with Crippen LogP contribution in [0.5, 0.6) is 5.75 Å². The number of hydrogen-bond acceptors (Lipinski definition) is 4. The fraction of sp³-hybridized carbons (Fsp3) is 0.625. The molecule has 0 atom stereocenters. The van der Waals surface area contributed by atoms with Crippen molar-refractivity contribution in [3.63, 3.8) is 0 Å². The third-order valence-electron chi connectivity index (χ3n) is 3.35. The van der Waals surface area contributed by atoms with Crippen molar-refractivity contribution in [1.29, 1.82) is 0 Å². The Kier molecular flexibility index (Phi) is 6.15. The molecule has 0 fully saturated rings. The standard InChI is InChI=1S/C16H24NO4/c1-16(2,3)15-12(8-6-7-11-20-4)13(17(18)19)9-10-14(15)21-5/h10H,6-8,11H2,1-5H3. The molecule has 117 valence electrons. The van der Waals surface area contributed by atoms with Crippen LogP contribution in [0.3, 0.4) is 0 Å². The van der Waals surface area contributed by atoms with Crippen molar-refractivity contribution in [2.45, 2.75) is 45.4 Å². The lowest BCUT2D eigenvalue weighted by molar-refractivity contribution is -0.386. The van der Waals surface area contributed by atoms with Crippen LogP contribution in [-0.2, 0) is 16.6 Å². The van der Waals surface area contributed by atoms with Gasteiger partial charge in [0, 0.05) is 24.8 Å². The van der Waals surface area contributed by atoms with E-state index in [9.17, 15) is 10.1 Å². The van der Waals surface area contributed by atoms with Crippen LogP contribution >= 0.6 is 0 Å². The van der Waals surface area contributed by atoms with E-state index in [0.29, 0.717) is 18.8 Å². The summed E-state index contributed by atoms with van der Waals surface area (Å²) in [6, 6.07) is 4.32. The van der Waals surface area contributed by atoms with Crippen molar-refractivity contribution < 1.29 is 14.4 Å². The lowest BCUT2D eigenvalue weighted by Gasteiger charge is -2.25. The number of ether oxygens (including phenoxy) is 2. The zero-order valence-corrected chi connectivity index (χ0v) is 13.5.